The van der Waals surface area contributed by atoms with Gasteiger partial charge in [0.15, 0.2) is 0 Å². The van der Waals surface area contributed by atoms with Crippen molar-refractivity contribution < 1.29 is 9.90 Å². The minimum Gasteiger partial charge on any atom is -0.481 e. The molecule has 1 radical (unpaired) electrons. The Morgan fingerprint density at radius 2 is 2.33 bits per heavy atom. The molecule has 1 unspecified atom stereocenters. The van der Waals surface area contributed by atoms with Crippen LogP contribution in [0, 0.1) is 6.92 Å². The van der Waals surface area contributed by atoms with Crippen molar-refractivity contribution in [3.05, 3.63) is 29.1 Å². The minimum atomic E-state index is -0.748. The number of fused-ring (bicyclic) bond motifs is 1. The molecule has 0 fully saturated rings. The van der Waals surface area contributed by atoms with E-state index >= 15 is 0 Å². The van der Waals surface area contributed by atoms with E-state index in [9.17, 15) is 4.79 Å². The van der Waals surface area contributed by atoms with Gasteiger partial charge in [-0.3, -0.25) is 9.78 Å². The van der Waals surface area contributed by atoms with Gasteiger partial charge in [0.1, 0.15) is 0 Å². The average Bonchev–Trinajstić information content (AvgIpc) is 2.16. The van der Waals surface area contributed by atoms with E-state index in [1.807, 2.05) is 6.92 Å². The zero-order valence-electron chi connectivity index (χ0n) is 9.16. The van der Waals surface area contributed by atoms with Crippen molar-refractivity contribution in [2.24, 2.45) is 0 Å². The van der Waals surface area contributed by atoms with Crippen molar-refractivity contribution in [3.63, 3.8) is 0 Å². The van der Waals surface area contributed by atoms with Crippen LogP contribution in [-0.4, -0.2) is 34.9 Å². The van der Waals surface area contributed by atoms with Crippen LogP contribution in [0.25, 0.3) is 0 Å². The van der Waals surface area contributed by atoms with Crippen LogP contribution in [0.1, 0.15) is 35.6 Å². The summed E-state index contributed by atoms with van der Waals surface area (Å²) >= 11 is 0. The van der Waals surface area contributed by atoms with E-state index in [4.69, 9.17) is 5.11 Å². The van der Waals surface area contributed by atoms with E-state index in [2.05, 4.69) is 11.1 Å². The van der Waals surface area contributed by atoms with Gasteiger partial charge in [-0.05, 0) is 37.3 Å². The first kappa shape index (κ1) is 12.3. The van der Waals surface area contributed by atoms with Gasteiger partial charge in [0, 0.05) is 25.1 Å². The molecule has 1 aromatic heterocycles. The molecule has 1 N–H and O–H groups in total. The molecule has 1 heterocycles. The van der Waals surface area contributed by atoms with Gasteiger partial charge in [0.25, 0.3) is 0 Å². The number of hydrogen-bond acceptors (Lipinski definition) is 2. The number of carboxylic acid groups (broad SMARTS) is 1. The maximum atomic E-state index is 11.0. The molecule has 0 spiro atoms. The van der Waals surface area contributed by atoms with Crippen LogP contribution in [0.3, 0.4) is 0 Å². The monoisotopic (exact) mass is 198 g/mol. The summed E-state index contributed by atoms with van der Waals surface area (Å²) in [4.78, 5) is 15.2. The van der Waals surface area contributed by atoms with Gasteiger partial charge in [-0.15, -0.1) is 0 Å². The SMILES string of the molecule is Cc1cnc2c(c1)CCCC2C(=O)O.[Li]. The topological polar surface area (TPSA) is 50.2 Å². The maximum absolute atomic E-state index is 11.0. The molecule has 75 valence electrons. The second-order valence-electron chi connectivity index (χ2n) is 3.84. The van der Waals surface area contributed by atoms with E-state index < -0.39 is 5.97 Å². The molecule has 1 aromatic rings. The largest absolute Gasteiger partial charge is 0.481 e. The van der Waals surface area contributed by atoms with Gasteiger partial charge >= 0.3 is 5.97 Å². The number of carbonyl (C=O) groups is 1. The number of hydrogen-bond donors (Lipinski definition) is 1. The van der Waals surface area contributed by atoms with E-state index in [1.165, 1.54) is 0 Å². The molecule has 0 saturated heterocycles. The molecule has 1 aliphatic carbocycles. The summed E-state index contributed by atoms with van der Waals surface area (Å²) in [6.07, 6.45) is 4.39. The number of aliphatic carboxylic acids is 1. The van der Waals surface area contributed by atoms with Crippen molar-refractivity contribution in [3.8, 4) is 0 Å². The van der Waals surface area contributed by atoms with E-state index in [0.29, 0.717) is 0 Å². The van der Waals surface area contributed by atoms with Crippen molar-refractivity contribution >= 4 is 24.8 Å². The first-order valence-electron chi connectivity index (χ1n) is 4.86. The Kier molecular flexibility index (Phi) is 3.95. The van der Waals surface area contributed by atoms with Crippen LogP contribution in [0.15, 0.2) is 12.3 Å². The Morgan fingerprint density at radius 3 is 3.00 bits per heavy atom. The fraction of sp³-hybridized carbons (Fsp3) is 0.455. The van der Waals surface area contributed by atoms with Crippen LogP contribution in [0.4, 0.5) is 0 Å². The number of pyridine rings is 1. The van der Waals surface area contributed by atoms with Crippen LogP contribution in [0.5, 0.6) is 0 Å². The predicted molar refractivity (Wildman–Crippen MR) is 58.0 cm³/mol. The van der Waals surface area contributed by atoms with E-state index in [1.54, 1.807) is 6.20 Å². The Bertz CT molecular complexity index is 379. The second kappa shape index (κ2) is 4.83. The van der Waals surface area contributed by atoms with Gasteiger partial charge in [-0.25, -0.2) is 0 Å². The number of aryl methyl sites for hydroxylation is 2. The Morgan fingerprint density at radius 1 is 1.60 bits per heavy atom. The van der Waals surface area contributed by atoms with Crippen molar-refractivity contribution in [2.45, 2.75) is 32.1 Å². The van der Waals surface area contributed by atoms with Gasteiger partial charge in [0.2, 0.25) is 0 Å². The molecule has 0 bridgehead atoms. The average molecular weight is 198 g/mol. The number of aromatic nitrogens is 1. The molecule has 1 aliphatic rings. The molecule has 0 aliphatic heterocycles. The van der Waals surface area contributed by atoms with E-state index in [0.717, 1.165) is 36.1 Å². The molecule has 15 heavy (non-hydrogen) atoms. The van der Waals surface area contributed by atoms with Crippen molar-refractivity contribution in [1.29, 1.82) is 0 Å². The summed E-state index contributed by atoms with van der Waals surface area (Å²) in [5.74, 6) is -1.14. The second-order valence-corrected chi connectivity index (χ2v) is 3.84. The number of rotatable bonds is 1. The van der Waals surface area contributed by atoms with Gasteiger partial charge in [-0.2, -0.15) is 0 Å². The number of nitrogens with zero attached hydrogens (tertiary/aromatic N) is 1. The molecule has 1 atom stereocenters. The van der Waals surface area contributed by atoms with Crippen LogP contribution in [0.2, 0.25) is 0 Å². The van der Waals surface area contributed by atoms with E-state index in [-0.39, 0.29) is 24.8 Å². The smallest absolute Gasteiger partial charge is 0.312 e. The molecule has 0 aromatic carbocycles. The third-order valence-electron chi connectivity index (χ3n) is 2.71. The first-order valence-corrected chi connectivity index (χ1v) is 4.86. The van der Waals surface area contributed by atoms with Gasteiger partial charge < -0.3 is 5.11 Å². The summed E-state index contributed by atoms with van der Waals surface area (Å²) in [7, 11) is 0. The Hall–Kier alpha value is -0.783. The molecule has 0 saturated carbocycles. The third kappa shape index (κ3) is 2.42. The van der Waals surface area contributed by atoms with Crippen LogP contribution >= 0.6 is 0 Å². The Balaban J connectivity index is 0.00000112. The first-order chi connectivity index (χ1) is 6.68. The van der Waals surface area contributed by atoms with Gasteiger partial charge in [0.05, 0.1) is 11.6 Å². The predicted octanol–water partition coefficient (Wildman–Crippen LogP) is 1.51. The Labute approximate surface area is 101 Å². The fourth-order valence-electron chi connectivity index (χ4n) is 2.03. The van der Waals surface area contributed by atoms with Crippen molar-refractivity contribution in [1.82, 2.24) is 4.98 Å². The molecule has 0 amide bonds. The molecular weight excluding hydrogens is 185 g/mol. The fourth-order valence-corrected chi connectivity index (χ4v) is 2.03. The number of carboxylic acids is 1. The molecular formula is C11H13LiNO2. The standard InChI is InChI=1S/C11H13NO2.Li/c1-7-5-8-3-2-4-9(11(13)14)10(8)12-6-7;/h5-6,9H,2-4H2,1H3,(H,13,14);. The van der Waals surface area contributed by atoms with Crippen LogP contribution in [-0.2, 0) is 11.2 Å². The minimum absolute atomic E-state index is 0. The normalized spacial score (nSPS) is 18.9. The molecule has 4 heteroatoms. The summed E-state index contributed by atoms with van der Waals surface area (Å²) < 4.78 is 0. The maximum Gasteiger partial charge on any atom is 0.312 e. The van der Waals surface area contributed by atoms with Crippen molar-refractivity contribution in [2.75, 3.05) is 0 Å². The zero-order chi connectivity index (χ0) is 10.1. The summed E-state index contributed by atoms with van der Waals surface area (Å²) in [5, 5.41) is 9.01. The zero-order valence-corrected chi connectivity index (χ0v) is 9.16. The van der Waals surface area contributed by atoms with Gasteiger partial charge in [-0.1, -0.05) is 6.07 Å². The molecule has 3 nitrogen and oxygen atoms in total. The molecule has 2 rings (SSSR count). The van der Waals surface area contributed by atoms with Crippen LogP contribution < -0.4 is 0 Å². The quantitative estimate of drug-likeness (QED) is 0.696. The summed E-state index contributed by atoms with van der Waals surface area (Å²) in [6, 6.07) is 2.05. The summed E-state index contributed by atoms with van der Waals surface area (Å²) in [6.45, 7) is 1.98. The third-order valence-corrected chi connectivity index (χ3v) is 2.71. The summed E-state index contributed by atoms with van der Waals surface area (Å²) in [5.41, 5.74) is 2.99.